The lowest BCUT2D eigenvalue weighted by molar-refractivity contribution is -0.118. The molecule has 0 saturated carbocycles. The predicted octanol–water partition coefficient (Wildman–Crippen LogP) is 4.05. The average Bonchev–Trinajstić information content (AvgIpc) is 3.48. The highest BCUT2D eigenvalue weighted by Gasteiger charge is 2.10. The minimum Gasteiger partial charge on any atom is -0.299 e. The van der Waals surface area contributed by atoms with Crippen molar-refractivity contribution in [1.82, 2.24) is 29.5 Å². The summed E-state index contributed by atoms with van der Waals surface area (Å²) in [7, 11) is 0. The van der Waals surface area contributed by atoms with Gasteiger partial charge in [-0.1, -0.05) is 12.1 Å². The third kappa shape index (κ3) is 4.18. The molecule has 0 atom stereocenters. The molecule has 32 heavy (non-hydrogen) atoms. The Kier molecular flexibility index (Phi) is 5.29. The molecule has 0 N–H and O–H groups in total. The van der Waals surface area contributed by atoms with Gasteiger partial charge in [-0.05, 0) is 55.3 Å². The van der Waals surface area contributed by atoms with E-state index in [1.807, 2.05) is 77.2 Å². The summed E-state index contributed by atoms with van der Waals surface area (Å²) in [6.07, 6.45) is 10.5. The Balaban J connectivity index is 1.23. The number of carbonyl (C=O) groups is 1. The molecule has 0 aliphatic heterocycles. The van der Waals surface area contributed by atoms with Gasteiger partial charge in [0.2, 0.25) is 0 Å². The molecule has 0 aliphatic rings. The number of rotatable bonds is 7. The number of Topliss-reactive ketones (excluding diaryl/α,β-unsaturated/α-hetero) is 1. The van der Waals surface area contributed by atoms with E-state index in [0.717, 1.165) is 39.2 Å². The maximum Gasteiger partial charge on any atom is 0.139 e. The Morgan fingerprint density at radius 1 is 0.938 bits per heavy atom. The Labute approximate surface area is 185 Å². The first-order chi connectivity index (χ1) is 15.7. The molecule has 0 fully saturated rings. The van der Waals surface area contributed by atoms with Gasteiger partial charge in [-0.3, -0.25) is 14.8 Å². The Morgan fingerprint density at radius 3 is 2.59 bits per heavy atom. The summed E-state index contributed by atoms with van der Waals surface area (Å²) in [6, 6.07) is 15.9. The van der Waals surface area contributed by atoms with Crippen molar-refractivity contribution in [2.75, 3.05) is 0 Å². The van der Waals surface area contributed by atoms with Gasteiger partial charge in [-0.2, -0.15) is 10.2 Å². The van der Waals surface area contributed by atoms with Crippen LogP contribution >= 0.6 is 0 Å². The number of nitrogens with zero attached hydrogens (tertiary/aromatic N) is 6. The summed E-state index contributed by atoms with van der Waals surface area (Å²) in [5, 5.41) is 9.68. The van der Waals surface area contributed by atoms with Crippen LogP contribution in [0.4, 0.5) is 0 Å². The fourth-order valence-electron chi connectivity index (χ4n) is 3.75. The number of ketones is 1. The van der Waals surface area contributed by atoms with Crippen LogP contribution in [0, 0.1) is 6.92 Å². The summed E-state index contributed by atoms with van der Waals surface area (Å²) in [5.41, 5.74) is 5.68. The maximum absolute atomic E-state index is 12.6. The number of pyridine rings is 2. The van der Waals surface area contributed by atoms with Crippen LogP contribution in [0.15, 0.2) is 79.5 Å². The van der Waals surface area contributed by atoms with Crippen LogP contribution in [-0.2, 0) is 17.6 Å². The Hall–Kier alpha value is -4.13. The maximum atomic E-state index is 12.6. The van der Waals surface area contributed by atoms with Gasteiger partial charge < -0.3 is 0 Å². The fourth-order valence-corrected chi connectivity index (χ4v) is 3.75. The molecule has 0 radical (unpaired) electrons. The van der Waals surface area contributed by atoms with Gasteiger partial charge in [0, 0.05) is 48.2 Å². The molecule has 5 rings (SSSR count). The molecule has 0 saturated heterocycles. The molecule has 4 aromatic heterocycles. The molecule has 0 spiro atoms. The summed E-state index contributed by atoms with van der Waals surface area (Å²) in [5.74, 6) is 0.171. The van der Waals surface area contributed by atoms with Crippen molar-refractivity contribution < 1.29 is 4.79 Å². The summed E-state index contributed by atoms with van der Waals surface area (Å²) < 4.78 is 3.66. The molecule has 158 valence electrons. The third-order valence-electron chi connectivity index (χ3n) is 5.41. The first kappa shape index (κ1) is 19.8. The van der Waals surface area contributed by atoms with Crippen molar-refractivity contribution in [3.05, 3.63) is 96.5 Å². The standard InChI is InChI=1S/C25H22N6O/c1-18-13-23(9-11-26-18)31-25-17-27-21(14-20(25)16-29-31)15-24(32)8-5-19-3-6-22(7-4-19)30-12-2-10-28-30/h2-4,6-7,9-14,16-17H,5,8,15H2,1H3. The highest BCUT2D eigenvalue weighted by atomic mass is 16.1. The van der Waals surface area contributed by atoms with E-state index >= 15 is 0 Å². The second kappa shape index (κ2) is 8.55. The van der Waals surface area contributed by atoms with Crippen LogP contribution in [0.5, 0.6) is 0 Å². The third-order valence-corrected chi connectivity index (χ3v) is 5.41. The highest BCUT2D eigenvalue weighted by Crippen LogP contribution is 2.19. The average molecular weight is 422 g/mol. The number of fused-ring (bicyclic) bond motifs is 1. The summed E-state index contributed by atoms with van der Waals surface area (Å²) in [6.45, 7) is 1.95. The van der Waals surface area contributed by atoms with E-state index in [4.69, 9.17) is 0 Å². The molecule has 0 unspecified atom stereocenters. The van der Waals surface area contributed by atoms with Crippen molar-refractivity contribution in [1.29, 1.82) is 0 Å². The first-order valence-corrected chi connectivity index (χ1v) is 10.5. The van der Waals surface area contributed by atoms with Crippen molar-refractivity contribution in [2.45, 2.75) is 26.2 Å². The molecule has 0 amide bonds. The normalized spacial score (nSPS) is 11.2. The summed E-state index contributed by atoms with van der Waals surface area (Å²) in [4.78, 5) is 21.3. The summed E-state index contributed by atoms with van der Waals surface area (Å²) >= 11 is 0. The fraction of sp³-hybridized carbons (Fsp3) is 0.160. The van der Waals surface area contributed by atoms with E-state index in [-0.39, 0.29) is 5.78 Å². The topological polar surface area (TPSA) is 78.5 Å². The van der Waals surface area contributed by atoms with Gasteiger partial charge in [0.15, 0.2) is 0 Å². The Morgan fingerprint density at radius 2 is 1.81 bits per heavy atom. The monoisotopic (exact) mass is 422 g/mol. The minimum absolute atomic E-state index is 0.171. The largest absolute Gasteiger partial charge is 0.299 e. The number of hydrogen-bond donors (Lipinski definition) is 0. The van der Waals surface area contributed by atoms with Gasteiger partial charge >= 0.3 is 0 Å². The second-order valence-electron chi connectivity index (χ2n) is 7.78. The van der Waals surface area contributed by atoms with E-state index in [1.54, 1.807) is 18.6 Å². The van der Waals surface area contributed by atoms with Crippen LogP contribution in [0.3, 0.4) is 0 Å². The number of aryl methyl sites for hydroxylation is 2. The molecule has 7 nitrogen and oxygen atoms in total. The van der Waals surface area contributed by atoms with E-state index < -0.39 is 0 Å². The first-order valence-electron chi connectivity index (χ1n) is 10.5. The number of aromatic nitrogens is 6. The second-order valence-corrected chi connectivity index (χ2v) is 7.78. The van der Waals surface area contributed by atoms with Crippen LogP contribution in [0.1, 0.15) is 23.4 Å². The zero-order valence-electron chi connectivity index (χ0n) is 17.7. The lowest BCUT2D eigenvalue weighted by Gasteiger charge is -2.06. The van der Waals surface area contributed by atoms with Crippen molar-refractivity contribution in [3.8, 4) is 11.4 Å². The van der Waals surface area contributed by atoms with E-state index in [1.165, 1.54) is 0 Å². The van der Waals surface area contributed by atoms with Gasteiger partial charge in [-0.25, -0.2) is 9.36 Å². The lowest BCUT2D eigenvalue weighted by atomic mass is 10.0. The van der Waals surface area contributed by atoms with E-state index in [2.05, 4.69) is 20.2 Å². The number of hydrogen-bond acceptors (Lipinski definition) is 5. The van der Waals surface area contributed by atoms with Gasteiger partial charge in [0.1, 0.15) is 5.78 Å². The lowest BCUT2D eigenvalue weighted by Crippen LogP contribution is -2.06. The Bertz CT molecular complexity index is 1370. The van der Waals surface area contributed by atoms with Crippen molar-refractivity contribution in [2.24, 2.45) is 0 Å². The highest BCUT2D eigenvalue weighted by molar-refractivity contribution is 5.84. The molecular weight excluding hydrogens is 400 g/mol. The smallest absolute Gasteiger partial charge is 0.139 e. The van der Waals surface area contributed by atoms with E-state index in [0.29, 0.717) is 19.3 Å². The van der Waals surface area contributed by atoms with Gasteiger partial charge in [0.25, 0.3) is 0 Å². The van der Waals surface area contributed by atoms with Crippen LogP contribution in [0.25, 0.3) is 22.3 Å². The quantitative estimate of drug-likeness (QED) is 0.395. The molecule has 0 bridgehead atoms. The molecule has 5 aromatic rings. The molecule has 1 aromatic carbocycles. The van der Waals surface area contributed by atoms with Gasteiger partial charge in [-0.15, -0.1) is 0 Å². The van der Waals surface area contributed by atoms with Crippen molar-refractivity contribution >= 4 is 16.7 Å². The SMILES string of the molecule is Cc1cc(-n2ncc3cc(CC(=O)CCc4ccc(-n5cccn5)cc4)ncc32)ccn1. The zero-order valence-corrected chi connectivity index (χ0v) is 17.7. The molecule has 7 heteroatoms. The molecule has 4 heterocycles. The van der Waals surface area contributed by atoms with Gasteiger partial charge in [0.05, 0.1) is 29.3 Å². The van der Waals surface area contributed by atoms with E-state index in [9.17, 15) is 4.79 Å². The predicted molar refractivity (Wildman–Crippen MR) is 122 cm³/mol. The number of carbonyl (C=O) groups excluding carboxylic acids is 1. The molecular formula is C25H22N6O. The van der Waals surface area contributed by atoms with Crippen molar-refractivity contribution in [3.63, 3.8) is 0 Å². The zero-order chi connectivity index (χ0) is 21.9. The van der Waals surface area contributed by atoms with Crippen LogP contribution < -0.4 is 0 Å². The molecule has 0 aliphatic carbocycles. The van der Waals surface area contributed by atoms with Crippen LogP contribution in [0.2, 0.25) is 0 Å². The number of benzene rings is 1. The van der Waals surface area contributed by atoms with Crippen LogP contribution in [-0.4, -0.2) is 35.3 Å². The minimum atomic E-state index is 0.171.